The Morgan fingerprint density at radius 3 is 2.70 bits per heavy atom. The third kappa shape index (κ3) is 3.12. The normalized spacial score (nSPS) is 15.9. The van der Waals surface area contributed by atoms with Crippen LogP contribution in [0.15, 0.2) is 40.9 Å². The maximum atomic E-state index is 11.9. The van der Waals surface area contributed by atoms with Crippen LogP contribution >= 0.6 is 15.9 Å². The molecule has 1 N–H and O–H groups in total. The van der Waals surface area contributed by atoms with Gasteiger partial charge in [0.15, 0.2) is 6.10 Å². The lowest BCUT2D eigenvalue weighted by molar-refractivity contribution is -0.127. The van der Waals surface area contributed by atoms with Crippen LogP contribution in [0.25, 0.3) is 10.8 Å². The van der Waals surface area contributed by atoms with Crippen molar-refractivity contribution in [3.63, 3.8) is 0 Å². The van der Waals surface area contributed by atoms with Gasteiger partial charge in [0.2, 0.25) is 0 Å². The Hall–Kier alpha value is -1.55. The highest BCUT2D eigenvalue weighted by Crippen LogP contribution is 2.25. The number of amides is 1. The highest BCUT2D eigenvalue weighted by Gasteiger charge is 2.26. The molecular weight excluding hydrogens is 318 g/mol. The standard InChI is InChI=1S/C16H16BrNO2/c1-10(16(19)18-14-5-6-14)20-15-7-3-11-8-13(17)4-2-12(11)9-15/h2-4,7-10,14H,5-6H2,1H3,(H,18,19). The molecule has 1 amide bonds. The van der Waals surface area contributed by atoms with Crippen LogP contribution in [0.5, 0.6) is 5.75 Å². The molecule has 1 fully saturated rings. The fraction of sp³-hybridized carbons (Fsp3) is 0.312. The van der Waals surface area contributed by atoms with Gasteiger partial charge in [0.25, 0.3) is 5.91 Å². The first-order valence-corrected chi connectivity index (χ1v) is 7.57. The predicted molar refractivity (Wildman–Crippen MR) is 82.9 cm³/mol. The van der Waals surface area contributed by atoms with E-state index in [1.54, 1.807) is 6.92 Å². The van der Waals surface area contributed by atoms with Gasteiger partial charge in [-0.3, -0.25) is 4.79 Å². The molecular formula is C16H16BrNO2. The van der Waals surface area contributed by atoms with Gasteiger partial charge in [-0.05, 0) is 54.8 Å². The molecule has 0 aliphatic heterocycles. The molecule has 1 aliphatic rings. The summed E-state index contributed by atoms with van der Waals surface area (Å²) in [4.78, 5) is 11.9. The molecule has 2 aromatic rings. The third-order valence-electron chi connectivity index (χ3n) is 3.38. The van der Waals surface area contributed by atoms with Crippen molar-refractivity contribution in [1.29, 1.82) is 0 Å². The van der Waals surface area contributed by atoms with Crippen molar-refractivity contribution in [3.05, 3.63) is 40.9 Å². The monoisotopic (exact) mass is 333 g/mol. The van der Waals surface area contributed by atoms with Gasteiger partial charge in [0.05, 0.1) is 0 Å². The zero-order chi connectivity index (χ0) is 14.1. The molecule has 1 unspecified atom stereocenters. The zero-order valence-corrected chi connectivity index (χ0v) is 12.8. The van der Waals surface area contributed by atoms with Crippen LogP contribution in [-0.4, -0.2) is 18.1 Å². The van der Waals surface area contributed by atoms with E-state index in [0.29, 0.717) is 6.04 Å². The molecule has 104 valence electrons. The Kier molecular flexibility index (Phi) is 3.66. The fourth-order valence-corrected chi connectivity index (χ4v) is 2.45. The molecule has 1 aliphatic carbocycles. The lowest BCUT2D eigenvalue weighted by Gasteiger charge is -2.15. The zero-order valence-electron chi connectivity index (χ0n) is 11.2. The Morgan fingerprint density at radius 2 is 1.95 bits per heavy atom. The number of hydrogen-bond acceptors (Lipinski definition) is 2. The van der Waals surface area contributed by atoms with Gasteiger partial charge >= 0.3 is 0 Å². The molecule has 4 heteroatoms. The van der Waals surface area contributed by atoms with Crippen molar-refractivity contribution in [1.82, 2.24) is 5.32 Å². The van der Waals surface area contributed by atoms with E-state index in [0.717, 1.165) is 33.8 Å². The molecule has 0 heterocycles. The molecule has 0 bridgehead atoms. The van der Waals surface area contributed by atoms with Crippen LogP contribution in [-0.2, 0) is 4.79 Å². The van der Waals surface area contributed by atoms with Crippen molar-refractivity contribution in [2.75, 3.05) is 0 Å². The van der Waals surface area contributed by atoms with Crippen LogP contribution in [0.4, 0.5) is 0 Å². The number of carbonyl (C=O) groups excluding carboxylic acids is 1. The summed E-state index contributed by atoms with van der Waals surface area (Å²) >= 11 is 3.45. The number of halogens is 1. The largest absolute Gasteiger partial charge is 0.481 e. The quantitative estimate of drug-likeness (QED) is 0.927. The predicted octanol–water partition coefficient (Wildman–Crippen LogP) is 3.65. The maximum absolute atomic E-state index is 11.9. The number of benzene rings is 2. The summed E-state index contributed by atoms with van der Waals surface area (Å²) in [5.41, 5.74) is 0. The van der Waals surface area contributed by atoms with Crippen molar-refractivity contribution in [2.45, 2.75) is 31.9 Å². The van der Waals surface area contributed by atoms with Gasteiger partial charge in [0, 0.05) is 10.5 Å². The van der Waals surface area contributed by atoms with Gasteiger partial charge in [-0.2, -0.15) is 0 Å². The van der Waals surface area contributed by atoms with Gasteiger partial charge < -0.3 is 10.1 Å². The van der Waals surface area contributed by atoms with Gasteiger partial charge in [-0.25, -0.2) is 0 Å². The number of carbonyl (C=O) groups is 1. The second-order valence-corrected chi connectivity index (χ2v) is 6.11. The van der Waals surface area contributed by atoms with Crippen LogP contribution in [0.3, 0.4) is 0 Å². The minimum atomic E-state index is -0.469. The molecule has 0 aromatic heterocycles. The Balaban J connectivity index is 1.73. The van der Waals surface area contributed by atoms with Crippen LogP contribution < -0.4 is 10.1 Å². The Bertz CT molecular complexity index is 652. The van der Waals surface area contributed by atoms with Gasteiger partial charge in [-0.1, -0.05) is 28.1 Å². The molecule has 3 nitrogen and oxygen atoms in total. The second-order valence-electron chi connectivity index (χ2n) is 5.20. The van der Waals surface area contributed by atoms with E-state index in [4.69, 9.17) is 4.74 Å². The average molecular weight is 334 g/mol. The number of fused-ring (bicyclic) bond motifs is 1. The molecule has 1 atom stereocenters. The lowest BCUT2D eigenvalue weighted by Crippen LogP contribution is -2.37. The minimum Gasteiger partial charge on any atom is -0.481 e. The number of nitrogens with one attached hydrogen (secondary N) is 1. The number of rotatable bonds is 4. The summed E-state index contributed by atoms with van der Waals surface area (Å²) in [5, 5.41) is 5.19. The number of ether oxygens (including phenoxy) is 1. The summed E-state index contributed by atoms with van der Waals surface area (Å²) in [5.74, 6) is 0.682. The molecule has 2 aromatic carbocycles. The summed E-state index contributed by atoms with van der Waals surface area (Å²) in [6, 6.07) is 12.3. The number of hydrogen-bond donors (Lipinski definition) is 1. The van der Waals surface area contributed by atoms with E-state index in [2.05, 4.69) is 27.3 Å². The van der Waals surface area contributed by atoms with E-state index >= 15 is 0 Å². The Morgan fingerprint density at radius 1 is 1.25 bits per heavy atom. The Labute approximate surface area is 126 Å². The topological polar surface area (TPSA) is 38.3 Å². The van der Waals surface area contributed by atoms with Crippen LogP contribution in [0.1, 0.15) is 19.8 Å². The minimum absolute atomic E-state index is 0.0385. The van der Waals surface area contributed by atoms with E-state index in [1.807, 2.05) is 30.3 Å². The van der Waals surface area contributed by atoms with Crippen LogP contribution in [0.2, 0.25) is 0 Å². The summed E-state index contributed by atoms with van der Waals surface area (Å²) in [6.45, 7) is 1.78. The maximum Gasteiger partial charge on any atom is 0.260 e. The van der Waals surface area contributed by atoms with E-state index in [-0.39, 0.29) is 5.91 Å². The van der Waals surface area contributed by atoms with Crippen molar-refractivity contribution < 1.29 is 9.53 Å². The summed E-state index contributed by atoms with van der Waals surface area (Å²) in [7, 11) is 0. The van der Waals surface area contributed by atoms with Crippen molar-refractivity contribution in [2.24, 2.45) is 0 Å². The van der Waals surface area contributed by atoms with E-state index in [9.17, 15) is 4.79 Å². The molecule has 0 spiro atoms. The molecule has 1 saturated carbocycles. The molecule has 0 radical (unpaired) electrons. The molecule has 0 saturated heterocycles. The second kappa shape index (κ2) is 5.44. The smallest absolute Gasteiger partial charge is 0.260 e. The fourth-order valence-electron chi connectivity index (χ4n) is 2.07. The van der Waals surface area contributed by atoms with E-state index in [1.165, 1.54) is 0 Å². The molecule has 3 rings (SSSR count). The van der Waals surface area contributed by atoms with Crippen molar-refractivity contribution in [3.8, 4) is 5.75 Å². The lowest BCUT2D eigenvalue weighted by atomic mass is 10.1. The highest BCUT2D eigenvalue weighted by atomic mass is 79.9. The summed E-state index contributed by atoms with van der Waals surface area (Å²) in [6.07, 6.45) is 1.70. The highest BCUT2D eigenvalue weighted by molar-refractivity contribution is 9.10. The summed E-state index contributed by atoms with van der Waals surface area (Å²) < 4.78 is 6.77. The van der Waals surface area contributed by atoms with Gasteiger partial charge in [0.1, 0.15) is 5.75 Å². The van der Waals surface area contributed by atoms with E-state index < -0.39 is 6.10 Å². The first-order chi connectivity index (χ1) is 9.61. The van der Waals surface area contributed by atoms with Gasteiger partial charge in [-0.15, -0.1) is 0 Å². The first-order valence-electron chi connectivity index (χ1n) is 6.78. The first kappa shape index (κ1) is 13.4. The van der Waals surface area contributed by atoms with Crippen molar-refractivity contribution >= 4 is 32.6 Å². The van der Waals surface area contributed by atoms with Crippen LogP contribution in [0, 0.1) is 0 Å². The molecule has 20 heavy (non-hydrogen) atoms. The third-order valence-corrected chi connectivity index (χ3v) is 3.87. The average Bonchev–Trinajstić information content (AvgIpc) is 3.22. The SMILES string of the molecule is CC(Oc1ccc2cc(Br)ccc2c1)C(=O)NC1CC1.